The highest BCUT2D eigenvalue weighted by Crippen LogP contribution is 2.17. The lowest BCUT2D eigenvalue weighted by Gasteiger charge is -2.25. The van der Waals surface area contributed by atoms with Crippen molar-refractivity contribution in [2.45, 2.75) is 19.5 Å². The molecule has 0 unspecified atom stereocenters. The Kier molecular flexibility index (Phi) is 4.23. The van der Waals surface area contributed by atoms with Crippen molar-refractivity contribution in [1.29, 1.82) is 0 Å². The number of rotatable bonds is 4. The first-order chi connectivity index (χ1) is 9.18. The molecule has 0 aliphatic rings. The summed E-state index contributed by atoms with van der Waals surface area (Å²) in [6.45, 7) is 2.40. The van der Waals surface area contributed by atoms with Gasteiger partial charge in [0, 0.05) is 7.05 Å². The van der Waals surface area contributed by atoms with E-state index < -0.39 is 0 Å². The first-order valence-electron chi connectivity index (χ1n) is 6.26. The van der Waals surface area contributed by atoms with Crippen molar-refractivity contribution in [3.05, 3.63) is 60.1 Å². The second-order valence-corrected chi connectivity index (χ2v) is 4.44. The van der Waals surface area contributed by atoms with Crippen molar-refractivity contribution in [2.75, 3.05) is 7.05 Å². The van der Waals surface area contributed by atoms with Crippen LogP contribution in [0.4, 0.5) is 4.79 Å². The second kappa shape index (κ2) is 6.09. The first-order valence-corrected chi connectivity index (χ1v) is 6.26. The Morgan fingerprint density at radius 2 is 2.00 bits per heavy atom. The first kappa shape index (κ1) is 13.2. The van der Waals surface area contributed by atoms with Gasteiger partial charge in [-0.1, -0.05) is 30.3 Å². The van der Waals surface area contributed by atoms with Crippen LogP contribution in [0, 0.1) is 0 Å². The molecule has 1 atom stereocenters. The lowest BCUT2D eigenvalue weighted by Crippen LogP contribution is -2.38. The number of urea groups is 1. The molecule has 4 heteroatoms. The molecule has 0 radical (unpaired) electrons. The van der Waals surface area contributed by atoms with E-state index in [0.29, 0.717) is 6.54 Å². The normalized spacial score (nSPS) is 11.9. The quantitative estimate of drug-likeness (QED) is 0.915. The maximum absolute atomic E-state index is 12.0. The zero-order chi connectivity index (χ0) is 13.7. The minimum atomic E-state index is -0.118. The van der Waals surface area contributed by atoms with Crippen LogP contribution in [0.1, 0.15) is 24.3 Å². The molecule has 2 rings (SSSR count). The highest BCUT2D eigenvalue weighted by atomic mass is 16.3. The standard InChI is InChI=1S/C15H18N2O2/c1-12(13-7-4-3-5-8-13)17(2)15(18)16-11-14-9-6-10-19-14/h3-10,12H,11H2,1-2H3,(H,16,18)/t12-/m0/s1. The van der Waals surface area contributed by atoms with Gasteiger partial charge < -0.3 is 14.6 Å². The van der Waals surface area contributed by atoms with E-state index in [4.69, 9.17) is 4.42 Å². The number of hydrogen-bond donors (Lipinski definition) is 1. The molecule has 0 saturated heterocycles. The van der Waals surface area contributed by atoms with Gasteiger partial charge in [0.25, 0.3) is 0 Å². The second-order valence-electron chi connectivity index (χ2n) is 4.44. The number of nitrogens with zero attached hydrogens (tertiary/aromatic N) is 1. The molecule has 0 fully saturated rings. The Morgan fingerprint density at radius 1 is 1.26 bits per heavy atom. The average molecular weight is 258 g/mol. The number of benzene rings is 1. The van der Waals surface area contributed by atoms with Gasteiger partial charge in [-0.2, -0.15) is 0 Å². The Hall–Kier alpha value is -2.23. The number of amides is 2. The zero-order valence-corrected chi connectivity index (χ0v) is 11.2. The van der Waals surface area contributed by atoms with Crippen LogP contribution in [0.25, 0.3) is 0 Å². The van der Waals surface area contributed by atoms with E-state index in [9.17, 15) is 4.79 Å². The number of carbonyl (C=O) groups excluding carboxylic acids is 1. The molecular weight excluding hydrogens is 240 g/mol. The molecular formula is C15H18N2O2. The van der Waals surface area contributed by atoms with E-state index in [1.54, 1.807) is 24.3 Å². The molecule has 4 nitrogen and oxygen atoms in total. The molecule has 19 heavy (non-hydrogen) atoms. The third-order valence-electron chi connectivity index (χ3n) is 3.18. The maximum Gasteiger partial charge on any atom is 0.318 e. The van der Waals surface area contributed by atoms with Crippen molar-refractivity contribution in [2.24, 2.45) is 0 Å². The Labute approximate surface area is 113 Å². The van der Waals surface area contributed by atoms with E-state index in [2.05, 4.69) is 5.32 Å². The van der Waals surface area contributed by atoms with E-state index in [1.165, 1.54) is 0 Å². The fourth-order valence-corrected chi connectivity index (χ4v) is 1.83. The van der Waals surface area contributed by atoms with Gasteiger partial charge in [-0.3, -0.25) is 0 Å². The Morgan fingerprint density at radius 3 is 2.63 bits per heavy atom. The van der Waals surface area contributed by atoms with Crippen LogP contribution in [-0.4, -0.2) is 18.0 Å². The van der Waals surface area contributed by atoms with Gasteiger partial charge in [-0.05, 0) is 24.6 Å². The zero-order valence-electron chi connectivity index (χ0n) is 11.2. The molecule has 1 heterocycles. The summed E-state index contributed by atoms with van der Waals surface area (Å²) in [7, 11) is 1.79. The van der Waals surface area contributed by atoms with Gasteiger partial charge in [0.1, 0.15) is 5.76 Å². The number of carbonyl (C=O) groups is 1. The SMILES string of the molecule is C[C@@H](c1ccccc1)N(C)C(=O)NCc1ccco1. The smallest absolute Gasteiger partial charge is 0.318 e. The number of nitrogens with one attached hydrogen (secondary N) is 1. The topological polar surface area (TPSA) is 45.5 Å². The van der Waals surface area contributed by atoms with Crippen LogP contribution in [0.15, 0.2) is 53.1 Å². The highest BCUT2D eigenvalue weighted by molar-refractivity contribution is 5.74. The monoisotopic (exact) mass is 258 g/mol. The maximum atomic E-state index is 12.0. The summed E-state index contributed by atoms with van der Waals surface area (Å²) in [5.41, 5.74) is 1.11. The summed E-state index contributed by atoms with van der Waals surface area (Å²) in [6, 6.07) is 13.5. The Balaban J connectivity index is 1.91. The van der Waals surface area contributed by atoms with Crippen LogP contribution in [-0.2, 0) is 6.54 Å². The summed E-state index contributed by atoms with van der Waals surface area (Å²) in [4.78, 5) is 13.7. The fourth-order valence-electron chi connectivity index (χ4n) is 1.83. The Bertz CT molecular complexity index is 508. The lowest BCUT2D eigenvalue weighted by atomic mass is 10.1. The molecule has 100 valence electrons. The van der Waals surface area contributed by atoms with Crippen LogP contribution < -0.4 is 5.32 Å². The van der Waals surface area contributed by atoms with Crippen molar-refractivity contribution < 1.29 is 9.21 Å². The molecule has 1 aromatic carbocycles. The largest absolute Gasteiger partial charge is 0.467 e. The minimum absolute atomic E-state index is 0.0257. The predicted molar refractivity (Wildman–Crippen MR) is 73.6 cm³/mol. The van der Waals surface area contributed by atoms with Gasteiger partial charge in [-0.25, -0.2) is 4.79 Å². The van der Waals surface area contributed by atoms with Gasteiger partial charge in [-0.15, -0.1) is 0 Å². The van der Waals surface area contributed by atoms with Gasteiger partial charge in [0.2, 0.25) is 0 Å². The van der Waals surface area contributed by atoms with Crippen molar-refractivity contribution >= 4 is 6.03 Å². The molecule has 1 N–H and O–H groups in total. The molecule has 0 aliphatic carbocycles. The number of hydrogen-bond acceptors (Lipinski definition) is 2. The summed E-state index contributed by atoms with van der Waals surface area (Å²) < 4.78 is 5.18. The van der Waals surface area contributed by atoms with Gasteiger partial charge in [0.05, 0.1) is 18.8 Å². The predicted octanol–water partition coefficient (Wildman–Crippen LogP) is 3.18. The van der Waals surface area contributed by atoms with Crippen molar-refractivity contribution in [1.82, 2.24) is 10.2 Å². The third kappa shape index (κ3) is 3.37. The van der Waals surface area contributed by atoms with Gasteiger partial charge >= 0.3 is 6.03 Å². The molecule has 2 amide bonds. The third-order valence-corrected chi connectivity index (χ3v) is 3.18. The summed E-state index contributed by atoms with van der Waals surface area (Å²) in [5, 5.41) is 2.83. The lowest BCUT2D eigenvalue weighted by molar-refractivity contribution is 0.193. The van der Waals surface area contributed by atoms with Crippen LogP contribution >= 0.6 is 0 Å². The molecule has 0 aliphatic heterocycles. The van der Waals surface area contributed by atoms with E-state index in [1.807, 2.05) is 43.3 Å². The fraction of sp³-hybridized carbons (Fsp3) is 0.267. The molecule has 1 aromatic heterocycles. The van der Waals surface area contributed by atoms with Gasteiger partial charge in [0.15, 0.2) is 0 Å². The highest BCUT2D eigenvalue weighted by Gasteiger charge is 2.16. The minimum Gasteiger partial charge on any atom is -0.467 e. The van der Waals surface area contributed by atoms with Crippen LogP contribution in [0.2, 0.25) is 0 Å². The van der Waals surface area contributed by atoms with E-state index in [0.717, 1.165) is 11.3 Å². The summed E-state index contributed by atoms with van der Waals surface area (Å²) >= 11 is 0. The van der Waals surface area contributed by atoms with Crippen molar-refractivity contribution in [3.63, 3.8) is 0 Å². The van der Waals surface area contributed by atoms with E-state index in [-0.39, 0.29) is 12.1 Å². The van der Waals surface area contributed by atoms with Crippen LogP contribution in [0.5, 0.6) is 0 Å². The summed E-state index contributed by atoms with van der Waals surface area (Å²) in [6.07, 6.45) is 1.60. The summed E-state index contributed by atoms with van der Waals surface area (Å²) in [5.74, 6) is 0.745. The van der Waals surface area contributed by atoms with Crippen LogP contribution in [0.3, 0.4) is 0 Å². The average Bonchev–Trinajstić information content (AvgIpc) is 2.97. The molecule has 2 aromatic rings. The number of furan rings is 1. The van der Waals surface area contributed by atoms with Crippen molar-refractivity contribution in [3.8, 4) is 0 Å². The molecule has 0 bridgehead atoms. The van der Waals surface area contributed by atoms with E-state index >= 15 is 0 Å². The molecule has 0 spiro atoms. The molecule has 0 saturated carbocycles.